The number of hydrogen-bond donors (Lipinski definition) is 2. The normalized spacial score (nSPS) is 10.0. The predicted molar refractivity (Wildman–Crippen MR) is 68.4 cm³/mol. The number of nitriles is 2. The summed E-state index contributed by atoms with van der Waals surface area (Å²) in [7, 11) is 0. The van der Waals surface area contributed by atoms with Crippen LogP contribution in [0.1, 0.15) is 22.5 Å². The number of carbonyl (C=O) groups is 1. The van der Waals surface area contributed by atoms with Crippen molar-refractivity contribution in [1.29, 1.82) is 10.5 Å². The van der Waals surface area contributed by atoms with Gasteiger partial charge in [-0.05, 0) is 13.8 Å². The Kier molecular flexibility index (Phi) is 2.89. The predicted octanol–water partition coefficient (Wildman–Crippen LogP) is 0.121. The van der Waals surface area contributed by atoms with Crippen molar-refractivity contribution in [1.82, 2.24) is 19.6 Å². The highest BCUT2D eigenvalue weighted by Crippen LogP contribution is 2.18. The Bertz CT molecular complexity index is 732. The van der Waals surface area contributed by atoms with Crippen LogP contribution >= 0.6 is 0 Å². The lowest BCUT2D eigenvalue weighted by atomic mass is 10.3. The standard InChI is InChI=1S/C11H10N8O/c1-5-7(3-12)9(14)18(16-5)11(20)19-10(15)8(4-13)6(2)17-19/h14-15H2,1-2H3. The van der Waals surface area contributed by atoms with Crippen molar-refractivity contribution < 1.29 is 4.79 Å². The number of hydrogen-bond acceptors (Lipinski definition) is 7. The Morgan fingerprint density at radius 2 is 1.35 bits per heavy atom. The van der Waals surface area contributed by atoms with E-state index in [1.807, 2.05) is 12.1 Å². The summed E-state index contributed by atoms with van der Waals surface area (Å²) in [6.07, 6.45) is 0. The minimum absolute atomic E-state index is 0.0962. The van der Waals surface area contributed by atoms with E-state index >= 15 is 0 Å². The number of anilines is 2. The smallest absolute Gasteiger partial charge is 0.373 e. The molecule has 0 aromatic carbocycles. The quantitative estimate of drug-likeness (QED) is 0.689. The highest BCUT2D eigenvalue weighted by molar-refractivity contribution is 5.85. The van der Waals surface area contributed by atoms with Gasteiger partial charge >= 0.3 is 6.03 Å². The third-order valence-electron chi connectivity index (χ3n) is 2.78. The number of nitrogen functional groups attached to an aromatic ring is 2. The molecule has 9 heteroatoms. The van der Waals surface area contributed by atoms with Crippen LogP contribution in [0.2, 0.25) is 0 Å². The lowest BCUT2D eigenvalue weighted by Gasteiger charge is -2.03. The van der Waals surface area contributed by atoms with Crippen LogP contribution in [0.4, 0.5) is 16.4 Å². The van der Waals surface area contributed by atoms with E-state index in [4.69, 9.17) is 22.0 Å². The highest BCUT2D eigenvalue weighted by Gasteiger charge is 2.23. The van der Waals surface area contributed by atoms with Crippen LogP contribution in [0.5, 0.6) is 0 Å². The Morgan fingerprint density at radius 1 is 1.00 bits per heavy atom. The van der Waals surface area contributed by atoms with Crippen LogP contribution in [0, 0.1) is 36.5 Å². The van der Waals surface area contributed by atoms with Gasteiger partial charge in [-0.2, -0.15) is 30.1 Å². The molecule has 0 aliphatic carbocycles. The van der Waals surface area contributed by atoms with Crippen LogP contribution in [-0.4, -0.2) is 25.6 Å². The molecule has 9 nitrogen and oxygen atoms in total. The molecule has 2 aromatic rings. The van der Waals surface area contributed by atoms with Gasteiger partial charge in [0.05, 0.1) is 11.4 Å². The van der Waals surface area contributed by atoms with Gasteiger partial charge in [-0.25, -0.2) is 4.79 Å². The third-order valence-corrected chi connectivity index (χ3v) is 2.78. The molecule has 0 fully saturated rings. The fourth-order valence-electron chi connectivity index (χ4n) is 1.75. The molecule has 0 spiro atoms. The molecule has 2 aromatic heterocycles. The Hall–Kier alpha value is -3.33. The first-order chi connectivity index (χ1) is 9.42. The summed E-state index contributed by atoms with van der Waals surface area (Å²) < 4.78 is 1.66. The first kappa shape index (κ1) is 13.1. The summed E-state index contributed by atoms with van der Waals surface area (Å²) in [4.78, 5) is 12.3. The fourth-order valence-corrected chi connectivity index (χ4v) is 1.75. The van der Waals surface area contributed by atoms with Crippen molar-refractivity contribution in [2.75, 3.05) is 11.5 Å². The number of rotatable bonds is 0. The molecule has 20 heavy (non-hydrogen) atoms. The van der Waals surface area contributed by atoms with Crippen LogP contribution in [0.25, 0.3) is 0 Å². The van der Waals surface area contributed by atoms with Crippen molar-refractivity contribution in [3.05, 3.63) is 22.5 Å². The SMILES string of the molecule is Cc1nn(C(=O)n2nc(C)c(C#N)c2N)c(N)c1C#N. The first-order valence-electron chi connectivity index (χ1n) is 5.47. The molecule has 0 saturated carbocycles. The zero-order valence-corrected chi connectivity index (χ0v) is 10.7. The molecule has 2 rings (SSSR count). The van der Waals surface area contributed by atoms with E-state index in [-0.39, 0.29) is 22.8 Å². The van der Waals surface area contributed by atoms with Crippen molar-refractivity contribution >= 4 is 17.7 Å². The molecular formula is C11H10N8O. The second-order valence-electron chi connectivity index (χ2n) is 4.02. The number of aromatic nitrogens is 4. The molecule has 0 atom stereocenters. The molecule has 0 aliphatic heterocycles. The van der Waals surface area contributed by atoms with E-state index in [1.54, 1.807) is 13.8 Å². The molecule has 0 unspecified atom stereocenters. The maximum absolute atomic E-state index is 12.3. The largest absolute Gasteiger partial charge is 0.382 e. The zero-order chi connectivity index (χ0) is 15.0. The molecule has 4 N–H and O–H groups in total. The van der Waals surface area contributed by atoms with E-state index < -0.39 is 6.03 Å². The van der Waals surface area contributed by atoms with Gasteiger partial charge in [0, 0.05) is 0 Å². The summed E-state index contributed by atoms with van der Waals surface area (Å²) in [6.45, 7) is 3.11. The van der Waals surface area contributed by atoms with Crippen LogP contribution in [0.15, 0.2) is 0 Å². The summed E-state index contributed by atoms with van der Waals surface area (Å²) >= 11 is 0. The summed E-state index contributed by atoms with van der Waals surface area (Å²) in [6, 6.07) is 2.96. The van der Waals surface area contributed by atoms with E-state index in [0.717, 1.165) is 9.36 Å². The number of nitrogens with zero attached hydrogens (tertiary/aromatic N) is 6. The second kappa shape index (κ2) is 4.40. The Labute approximate surface area is 113 Å². The zero-order valence-electron chi connectivity index (χ0n) is 10.7. The van der Waals surface area contributed by atoms with Crippen LogP contribution in [0.3, 0.4) is 0 Å². The molecule has 0 aliphatic rings. The van der Waals surface area contributed by atoms with Gasteiger partial charge < -0.3 is 11.5 Å². The molecule has 2 heterocycles. The van der Waals surface area contributed by atoms with Gasteiger partial charge in [0.1, 0.15) is 23.3 Å². The Morgan fingerprint density at radius 3 is 1.60 bits per heavy atom. The van der Waals surface area contributed by atoms with E-state index in [0.29, 0.717) is 11.4 Å². The molecule has 100 valence electrons. The highest BCUT2D eigenvalue weighted by atomic mass is 16.2. The maximum atomic E-state index is 12.3. The molecule has 0 amide bonds. The van der Waals surface area contributed by atoms with Gasteiger partial charge in [0.15, 0.2) is 11.6 Å². The van der Waals surface area contributed by atoms with Crippen LogP contribution in [-0.2, 0) is 0 Å². The molecule has 0 radical (unpaired) electrons. The minimum atomic E-state index is -0.755. The minimum Gasteiger partial charge on any atom is -0.382 e. The first-order valence-corrected chi connectivity index (χ1v) is 5.47. The average molecular weight is 270 g/mol. The molecule has 0 saturated heterocycles. The van der Waals surface area contributed by atoms with Crippen LogP contribution < -0.4 is 11.5 Å². The van der Waals surface area contributed by atoms with E-state index in [1.165, 1.54) is 0 Å². The van der Waals surface area contributed by atoms with Crippen molar-refractivity contribution in [2.24, 2.45) is 0 Å². The van der Waals surface area contributed by atoms with Crippen molar-refractivity contribution in [2.45, 2.75) is 13.8 Å². The lowest BCUT2D eigenvalue weighted by Crippen LogP contribution is -2.25. The summed E-state index contributed by atoms with van der Waals surface area (Å²) in [5.41, 5.74) is 12.2. The van der Waals surface area contributed by atoms with Gasteiger partial charge in [-0.3, -0.25) is 0 Å². The topological polar surface area (TPSA) is 152 Å². The van der Waals surface area contributed by atoms with Crippen molar-refractivity contribution in [3.8, 4) is 12.1 Å². The molecule has 0 bridgehead atoms. The molecular weight excluding hydrogens is 260 g/mol. The van der Waals surface area contributed by atoms with Gasteiger partial charge in [-0.1, -0.05) is 0 Å². The van der Waals surface area contributed by atoms with Gasteiger partial charge in [0.2, 0.25) is 0 Å². The summed E-state index contributed by atoms with van der Waals surface area (Å²) in [5.74, 6) is -0.192. The van der Waals surface area contributed by atoms with E-state index in [9.17, 15) is 4.79 Å². The van der Waals surface area contributed by atoms with Crippen molar-refractivity contribution in [3.63, 3.8) is 0 Å². The number of nitrogens with two attached hydrogens (primary N) is 2. The number of aryl methyl sites for hydroxylation is 2. The monoisotopic (exact) mass is 270 g/mol. The third kappa shape index (κ3) is 1.66. The van der Waals surface area contributed by atoms with Gasteiger partial charge in [0.25, 0.3) is 0 Å². The fraction of sp³-hybridized carbons (Fsp3) is 0.182. The second-order valence-corrected chi connectivity index (χ2v) is 4.02. The number of carbonyl (C=O) groups excluding carboxylic acids is 1. The Balaban J connectivity index is 2.60. The van der Waals surface area contributed by atoms with Gasteiger partial charge in [-0.15, -0.1) is 0 Å². The maximum Gasteiger partial charge on any atom is 0.373 e. The van der Waals surface area contributed by atoms with E-state index in [2.05, 4.69) is 10.2 Å². The lowest BCUT2D eigenvalue weighted by molar-refractivity contribution is 0.239. The average Bonchev–Trinajstić information content (AvgIpc) is 2.85. The summed E-state index contributed by atoms with van der Waals surface area (Å²) in [5, 5.41) is 25.6.